The number of nitrogens with one attached hydrogen (secondary N) is 2. The minimum Gasteiger partial charge on any atom is -0.355 e. The summed E-state index contributed by atoms with van der Waals surface area (Å²) in [6.45, 7) is 1.71. The number of carbonyl (C=O) groups excluding carboxylic acids is 1. The SMILES string of the molecule is O=C1NC2(CCN(c3ncnc4nc[nH]c34)CC2)C[C@H]1c1ccccc1. The summed E-state index contributed by atoms with van der Waals surface area (Å²) in [6, 6.07) is 10.1. The number of fused-ring (bicyclic) bond motifs is 1. The largest absolute Gasteiger partial charge is 0.355 e. The number of amides is 1. The smallest absolute Gasteiger partial charge is 0.228 e. The first-order chi connectivity index (χ1) is 12.7. The lowest BCUT2D eigenvalue weighted by Crippen LogP contribution is -2.51. The van der Waals surface area contributed by atoms with Crippen LogP contribution in [0.5, 0.6) is 0 Å². The van der Waals surface area contributed by atoms with Gasteiger partial charge in [-0.05, 0) is 24.8 Å². The number of rotatable bonds is 2. The summed E-state index contributed by atoms with van der Waals surface area (Å²) in [5, 5.41) is 3.30. The van der Waals surface area contributed by atoms with Gasteiger partial charge in [-0.1, -0.05) is 30.3 Å². The van der Waals surface area contributed by atoms with Crippen molar-refractivity contribution in [2.24, 2.45) is 0 Å². The summed E-state index contributed by atoms with van der Waals surface area (Å²) in [7, 11) is 0. The third-order valence-electron chi connectivity index (χ3n) is 5.72. The molecule has 2 N–H and O–H groups in total. The summed E-state index contributed by atoms with van der Waals surface area (Å²) >= 11 is 0. The van der Waals surface area contributed by atoms with Crippen molar-refractivity contribution in [2.45, 2.75) is 30.7 Å². The van der Waals surface area contributed by atoms with Gasteiger partial charge >= 0.3 is 0 Å². The molecule has 1 amide bonds. The third-order valence-corrected chi connectivity index (χ3v) is 5.72. The van der Waals surface area contributed by atoms with Crippen LogP contribution in [-0.4, -0.2) is 44.5 Å². The molecule has 2 aromatic heterocycles. The first-order valence-corrected chi connectivity index (χ1v) is 9.00. The average Bonchev–Trinajstić information content (AvgIpc) is 3.28. The molecule has 26 heavy (non-hydrogen) atoms. The zero-order chi connectivity index (χ0) is 17.6. The molecule has 1 aromatic carbocycles. The van der Waals surface area contributed by atoms with Crippen LogP contribution in [0.1, 0.15) is 30.7 Å². The molecule has 132 valence electrons. The predicted octanol–water partition coefficient (Wildman–Crippen LogP) is 2.00. The highest BCUT2D eigenvalue weighted by molar-refractivity contribution is 5.87. The molecule has 1 spiro atoms. The van der Waals surface area contributed by atoms with Crippen molar-refractivity contribution in [3.63, 3.8) is 0 Å². The zero-order valence-corrected chi connectivity index (χ0v) is 14.4. The van der Waals surface area contributed by atoms with E-state index in [1.165, 1.54) is 0 Å². The van der Waals surface area contributed by atoms with Gasteiger partial charge in [0, 0.05) is 18.6 Å². The Kier molecular flexibility index (Phi) is 3.41. The normalized spacial score (nSPS) is 22.1. The molecule has 0 unspecified atom stereocenters. The lowest BCUT2D eigenvalue weighted by Gasteiger charge is -2.39. The van der Waals surface area contributed by atoms with Gasteiger partial charge in [-0.25, -0.2) is 15.0 Å². The second-order valence-electron chi connectivity index (χ2n) is 7.22. The number of aromatic amines is 1. The summed E-state index contributed by atoms with van der Waals surface area (Å²) in [5.74, 6) is 1.01. The zero-order valence-electron chi connectivity index (χ0n) is 14.4. The number of imidazole rings is 1. The van der Waals surface area contributed by atoms with Gasteiger partial charge in [0.2, 0.25) is 5.91 Å². The molecule has 0 saturated carbocycles. The molecule has 0 aliphatic carbocycles. The number of piperidine rings is 1. The van der Waals surface area contributed by atoms with Gasteiger partial charge in [0.05, 0.1) is 12.2 Å². The van der Waals surface area contributed by atoms with Crippen LogP contribution in [0.2, 0.25) is 0 Å². The first-order valence-electron chi connectivity index (χ1n) is 9.00. The minimum atomic E-state index is -0.103. The standard InChI is InChI=1S/C19H20N6O/c26-18-14(13-4-2-1-3-5-13)10-19(24-18)6-8-25(9-7-19)17-15-16(21-11-20-15)22-12-23-17/h1-5,11-12,14H,6-10H2,(H,24,26)(H,20,21,22,23)/t14-/m0/s1. The second kappa shape index (κ2) is 5.79. The molecule has 7 heteroatoms. The van der Waals surface area contributed by atoms with Crippen molar-refractivity contribution in [3.05, 3.63) is 48.5 Å². The number of benzene rings is 1. The van der Waals surface area contributed by atoms with Crippen molar-refractivity contribution in [2.75, 3.05) is 18.0 Å². The van der Waals surface area contributed by atoms with Gasteiger partial charge in [-0.15, -0.1) is 0 Å². The fourth-order valence-electron chi connectivity index (χ4n) is 4.31. The topological polar surface area (TPSA) is 86.8 Å². The highest BCUT2D eigenvalue weighted by atomic mass is 16.2. The summed E-state index contributed by atoms with van der Waals surface area (Å²) < 4.78 is 0. The van der Waals surface area contributed by atoms with E-state index >= 15 is 0 Å². The van der Waals surface area contributed by atoms with E-state index in [0.717, 1.165) is 49.2 Å². The van der Waals surface area contributed by atoms with E-state index in [4.69, 9.17) is 0 Å². The fourth-order valence-corrected chi connectivity index (χ4v) is 4.31. The van der Waals surface area contributed by atoms with E-state index in [-0.39, 0.29) is 17.4 Å². The Labute approximate surface area is 150 Å². The van der Waals surface area contributed by atoms with E-state index < -0.39 is 0 Å². The van der Waals surface area contributed by atoms with Gasteiger partial charge < -0.3 is 15.2 Å². The number of anilines is 1. The summed E-state index contributed by atoms with van der Waals surface area (Å²) in [5.41, 5.74) is 2.57. The fraction of sp³-hybridized carbons (Fsp3) is 0.368. The van der Waals surface area contributed by atoms with Gasteiger partial charge in [0.25, 0.3) is 0 Å². The number of nitrogens with zero attached hydrogens (tertiary/aromatic N) is 4. The lowest BCUT2D eigenvalue weighted by molar-refractivity contribution is -0.121. The first kappa shape index (κ1) is 15.3. The van der Waals surface area contributed by atoms with Gasteiger partial charge in [0.1, 0.15) is 11.8 Å². The molecule has 7 nitrogen and oxygen atoms in total. The third kappa shape index (κ3) is 2.42. The molecular formula is C19H20N6O. The molecule has 2 aliphatic heterocycles. The molecule has 2 fully saturated rings. The van der Waals surface area contributed by atoms with Crippen LogP contribution < -0.4 is 10.2 Å². The van der Waals surface area contributed by atoms with Crippen LogP contribution >= 0.6 is 0 Å². The Hall–Kier alpha value is -2.96. The van der Waals surface area contributed by atoms with Gasteiger partial charge in [0.15, 0.2) is 11.5 Å². The molecule has 5 rings (SSSR count). The highest BCUT2D eigenvalue weighted by Crippen LogP contribution is 2.40. The summed E-state index contributed by atoms with van der Waals surface area (Å²) in [4.78, 5) is 30.8. The van der Waals surface area contributed by atoms with Crippen LogP contribution in [0.15, 0.2) is 43.0 Å². The monoisotopic (exact) mass is 348 g/mol. The van der Waals surface area contributed by atoms with Crippen molar-refractivity contribution in [1.82, 2.24) is 25.3 Å². The molecule has 2 aliphatic rings. The van der Waals surface area contributed by atoms with Crippen LogP contribution in [0.3, 0.4) is 0 Å². The van der Waals surface area contributed by atoms with Crippen LogP contribution in [-0.2, 0) is 4.79 Å². The predicted molar refractivity (Wildman–Crippen MR) is 97.8 cm³/mol. The second-order valence-corrected chi connectivity index (χ2v) is 7.22. The number of aromatic nitrogens is 4. The minimum absolute atomic E-state index is 0.0406. The molecule has 0 radical (unpaired) electrons. The lowest BCUT2D eigenvalue weighted by atomic mass is 9.82. The number of H-pyrrole nitrogens is 1. The van der Waals surface area contributed by atoms with Crippen LogP contribution in [0, 0.1) is 0 Å². The molecular weight excluding hydrogens is 328 g/mol. The Balaban J connectivity index is 1.34. The highest BCUT2D eigenvalue weighted by Gasteiger charge is 2.46. The molecule has 3 aromatic rings. The Morgan fingerprint density at radius 1 is 1.08 bits per heavy atom. The van der Waals surface area contributed by atoms with Gasteiger partial charge in [-0.3, -0.25) is 4.79 Å². The van der Waals surface area contributed by atoms with Gasteiger partial charge in [-0.2, -0.15) is 0 Å². The molecule has 4 heterocycles. The van der Waals surface area contributed by atoms with Crippen molar-refractivity contribution >= 4 is 22.9 Å². The number of hydrogen-bond acceptors (Lipinski definition) is 5. The Morgan fingerprint density at radius 2 is 1.88 bits per heavy atom. The van der Waals surface area contributed by atoms with E-state index in [1.54, 1.807) is 12.7 Å². The maximum absolute atomic E-state index is 12.6. The van der Waals surface area contributed by atoms with Crippen molar-refractivity contribution in [3.8, 4) is 0 Å². The summed E-state index contributed by atoms with van der Waals surface area (Å²) in [6.07, 6.45) is 5.91. The van der Waals surface area contributed by atoms with E-state index in [2.05, 4.69) is 30.2 Å². The molecule has 0 bridgehead atoms. The van der Waals surface area contributed by atoms with Crippen LogP contribution in [0.25, 0.3) is 11.2 Å². The number of hydrogen-bond donors (Lipinski definition) is 2. The van der Waals surface area contributed by atoms with Crippen molar-refractivity contribution in [1.29, 1.82) is 0 Å². The Morgan fingerprint density at radius 3 is 2.69 bits per heavy atom. The quantitative estimate of drug-likeness (QED) is 0.740. The number of carbonyl (C=O) groups is 1. The van der Waals surface area contributed by atoms with Crippen LogP contribution in [0.4, 0.5) is 5.82 Å². The maximum Gasteiger partial charge on any atom is 0.228 e. The Bertz CT molecular complexity index is 945. The molecule has 1 atom stereocenters. The van der Waals surface area contributed by atoms with Crippen molar-refractivity contribution < 1.29 is 4.79 Å². The van der Waals surface area contributed by atoms with E-state index in [0.29, 0.717) is 5.65 Å². The maximum atomic E-state index is 12.6. The van der Waals surface area contributed by atoms with E-state index in [1.807, 2.05) is 30.3 Å². The van der Waals surface area contributed by atoms with E-state index in [9.17, 15) is 4.79 Å². The average molecular weight is 348 g/mol. The molecule has 2 saturated heterocycles.